The number of amides is 1. The number of fused-ring (bicyclic) bond motifs is 1. The molecule has 32 heavy (non-hydrogen) atoms. The van der Waals surface area contributed by atoms with Crippen LogP contribution < -0.4 is 21.2 Å². The third-order valence-electron chi connectivity index (χ3n) is 4.84. The van der Waals surface area contributed by atoms with Crippen LogP contribution in [0.3, 0.4) is 0 Å². The lowest BCUT2D eigenvalue weighted by Gasteiger charge is -2.09. The highest BCUT2D eigenvalue weighted by Crippen LogP contribution is 2.20. The molecule has 4 rings (SSSR count). The van der Waals surface area contributed by atoms with Crippen molar-refractivity contribution in [3.8, 4) is 17.0 Å². The second-order valence-corrected chi connectivity index (χ2v) is 7.84. The molecule has 4 aromatic rings. The Labute approximate surface area is 190 Å². The number of nitrogens with one attached hydrogen (secondary N) is 1. The maximum absolute atomic E-state index is 12.5. The van der Waals surface area contributed by atoms with Crippen LogP contribution in [-0.4, -0.2) is 29.1 Å². The fraction of sp³-hybridized carbons (Fsp3) is 0.130. The molecule has 0 fully saturated rings. The Hall–Kier alpha value is -3.72. The molecule has 1 amide bonds. The standard InChI is InChI=1S/C23H18BrN3O5/c1-31-17-5-2-14(3-6-17)19-12-21(28)27(13-26-19)9-8-25-22(29)18-11-15-10-16(24)4-7-20(15)32-23(18)30/h2-7,10-13H,8-9H2,1H3,(H,25,29). The molecule has 162 valence electrons. The predicted octanol–water partition coefficient (Wildman–Crippen LogP) is 3.22. The van der Waals surface area contributed by atoms with E-state index in [-0.39, 0.29) is 24.2 Å². The maximum atomic E-state index is 12.5. The van der Waals surface area contributed by atoms with Gasteiger partial charge in [-0.25, -0.2) is 9.78 Å². The Morgan fingerprint density at radius 1 is 1.12 bits per heavy atom. The molecule has 2 aromatic heterocycles. The molecule has 2 aromatic carbocycles. The van der Waals surface area contributed by atoms with Gasteiger partial charge in [0.15, 0.2) is 0 Å². The summed E-state index contributed by atoms with van der Waals surface area (Å²) in [6, 6.07) is 15.3. The van der Waals surface area contributed by atoms with Crippen LogP contribution in [0.2, 0.25) is 0 Å². The van der Waals surface area contributed by atoms with Gasteiger partial charge in [-0.05, 0) is 48.5 Å². The van der Waals surface area contributed by atoms with Crippen molar-refractivity contribution in [2.45, 2.75) is 6.54 Å². The third kappa shape index (κ3) is 4.62. The molecule has 0 saturated heterocycles. The van der Waals surface area contributed by atoms with Gasteiger partial charge in [-0.2, -0.15) is 0 Å². The molecular formula is C23H18BrN3O5. The minimum atomic E-state index is -0.722. The highest BCUT2D eigenvalue weighted by atomic mass is 79.9. The summed E-state index contributed by atoms with van der Waals surface area (Å²) in [4.78, 5) is 41.4. The van der Waals surface area contributed by atoms with Crippen LogP contribution in [0.25, 0.3) is 22.2 Å². The summed E-state index contributed by atoms with van der Waals surface area (Å²) in [5, 5.41) is 3.27. The molecule has 0 aliphatic heterocycles. The van der Waals surface area contributed by atoms with E-state index in [1.807, 2.05) is 12.1 Å². The van der Waals surface area contributed by atoms with E-state index in [9.17, 15) is 14.4 Å². The van der Waals surface area contributed by atoms with Crippen LogP contribution in [0, 0.1) is 0 Å². The van der Waals surface area contributed by atoms with E-state index in [1.165, 1.54) is 23.0 Å². The van der Waals surface area contributed by atoms with Crippen molar-refractivity contribution in [3.63, 3.8) is 0 Å². The minimum Gasteiger partial charge on any atom is -0.497 e. The van der Waals surface area contributed by atoms with Gasteiger partial charge in [0.25, 0.3) is 11.5 Å². The second kappa shape index (κ2) is 9.19. The van der Waals surface area contributed by atoms with E-state index in [0.29, 0.717) is 22.4 Å². The van der Waals surface area contributed by atoms with E-state index in [1.54, 1.807) is 37.4 Å². The Morgan fingerprint density at radius 3 is 2.62 bits per heavy atom. The lowest BCUT2D eigenvalue weighted by atomic mass is 10.1. The van der Waals surface area contributed by atoms with Gasteiger partial charge in [-0.15, -0.1) is 0 Å². The Balaban J connectivity index is 1.43. The van der Waals surface area contributed by atoms with Gasteiger partial charge in [-0.1, -0.05) is 15.9 Å². The maximum Gasteiger partial charge on any atom is 0.349 e. The summed E-state index contributed by atoms with van der Waals surface area (Å²) in [5.74, 6) is 0.141. The number of rotatable bonds is 6. The Kier molecular flexibility index (Phi) is 6.18. The number of nitrogens with zero attached hydrogens (tertiary/aromatic N) is 2. The Bertz CT molecular complexity index is 1410. The molecule has 0 atom stereocenters. The predicted molar refractivity (Wildman–Crippen MR) is 123 cm³/mol. The van der Waals surface area contributed by atoms with Crippen LogP contribution in [0.4, 0.5) is 0 Å². The van der Waals surface area contributed by atoms with Crippen molar-refractivity contribution >= 4 is 32.8 Å². The summed E-state index contributed by atoms with van der Waals surface area (Å²) >= 11 is 3.35. The summed E-state index contributed by atoms with van der Waals surface area (Å²) in [7, 11) is 1.58. The van der Waals surface area contributed by atoms with E-state index in [4.69, 9.17) is 9.15 Å². The second-order valence-electron chi connectivity index (χ2n) is 6.92. The quantitative estimate of drug-likeness (QED) is 0.412. The first-order valence-electron chi connectivity index (χ1n) is 9.67. The first-order chi connectivity index (χ1) is 15.4. The summed E-state index contributed by atoms with van der Waals surface area (Å²) in [6.45, 7) is 0.337. The number of methoxy groups -OCH3 is 1. The molecule has 0 saturated carbocycles. The zero-order chi connectivity index (χ0) is 22.7. The lowest BCUT2D eigenvalue weighted by Crippen LogP contribution is -2.33. The third-order valence-corrected chi connectivity index (χ3v) is 5.34. The van der Waals surface area contributed by atoms with E-state index < -0.39 is 11.5 Å². The van der Waals surface area contributed by atoms with Crippen molar-refractivity contribution in [1.82, 2.24) is 14.9 Å². The minimum absolute atomic E-state index is 0.101. The van der Waals surface area contributed by atoms with Gasteiger partial charge in [-0.3, -0.25) is 14.2 Å². The van der Waals surface area contributed by atoms with E-state index >= 15 is 0 Å². The molecule has 1 N–H and O–H groups in total. The largest absolute Gasteiger partial charge is 0.497 e. The van der Waals surface area contributed by atoms with Crippen molar-refractivity contribution in [3.05, 3.63) is 91.7 Å². The van der Waals surface area contributed by atoms with Crippen LogP contribution in [0.5, 0.6) is 5.75 Å². The van der Waals surface area contributed by atoms with E-state index in [0.717, 1.165) is 10.0 Å². The van der Waals surface area contributed by atoms with Crippen molar-refractivity contribution in [2.24, 2.45) is 0 Å². The topological polar surface area (TPSA) is 103 Å². The van der Waals surface area contributed by atoms with Crippen LogP contribution in [-0.2, 0) is 6.54 Å². The number of hydrogen-bond donors (Lipinski definition) is 1. The molecular weight excluding hydrogens is 478 g/mol. The fourth-order valence-corrected chi connectivity index (χ4v) is 3.53. The molecule has 0 spiro atoms. The number of carbonyl (C=O) groups is 1. The molecule has 0 radical (unpaired) electrons. The number of ether oxygens (including phenoxy) is 1. The first-order valence-corrected chi connectivity index (χ1v) is 10.5. The van der Waals surface area contributed by atoms with Crippen molar-refractivity contribution in [1.29, 1.82) is 0 Å². The summed E-state index contributed by atoms with van der Waals surface area (Å²) in [5.41, 5.74) is 0.645. The molecule has 0 aliphatic rings. The lowest BCUT2D eigenvalue weighted by molar-refractivity contribution is 0.0948. The smallest absolute Gasteiger partial charge is 0.349 e. The molecule has 0 unspecified atom stereocenters. The monoisotopic (exact) mass is 495 g/mol. The highest BCUT2D eigenvalue weighted by molar-refractivity contribution is 9.10. The van der Waals surface area contributed by atoms with Crippen molar-refractivity contribution in [2.75, 3.05) is 13.7 Å². The van der Waals surface area contributed by atoms with Gasteiger partial charge in [0.05, 0.1) is 19.1 Å². The number of benzene rings is 2. The number of carbonyl (C=O) groups excluding carboxylic acids is 1. The van der Waals surface area contributed by atoms with Gasteiger partial charge in [0.2, 0.25) is 0 Å². The number of hydrogen-bond acceptors (Lipinski definition) is 6. The fourth-order valence-electron chi connectivity index (χ4n) is 3.15. The van der Waals surface area contributed by atoms with Gasteiger partial charge in [0, 0.05) is 34.6 Å². The first kappa shape index (κ1) is 21.5. The highest BCUT2D eigenvalue weighted by Gasteiger charge is 2.14. The summed E-state index contributed by atoms with van der Waals surface area (Å²) < 4.78 is 12.5. The van der Waals surface area contributed by atoms with E-state index in [2.05, 4.69) is 26.2 Å². The zero-order valence-corrected chi connectivity index (χ0v) is 18.6. The summed E-state index contributed by atoms with van der Waals surface area (Å²) in [6.07, 6.45) is 1.43. The molecule has 0 bridgehead atoms. The average Bonchev–Trinajstić information content (AvgIpc) is 2.80. The number of aromatic nitrogens is 2. The molecule has 9 heteroatoms. The number of halogens is 1. The van der Waals surface area contributed by atoms with Crippen LogP contribution in [0.1, 0.15) is 10.4 Å². The SMILES string of the molecule is COc1ccc(-c2cc(=O)n(CCNC(=O)c3cc4cc(Br)ccc4oc3=O)cn2)cc1. The molecule has 8 nitrogen and oxygen atoms in total. The normalized spacial score (nSPS) is 10.8. The van der Waals surface area contributed by atoms with Gasteiger partial charge >= 0.3 is 5.63 Å². The molecule has 2 heterocycles. The average molecular weight is 496 g/mol. The van der Waals surface area contributed by atoms with Gasteiger partial charge in [0.1, 0.15) is 16.9 Å². The molecule has 0 aliphatic carbocycles. The zero-order valence-electron chi connectivity index (χ0n) is 17.0. The van der Waals surface area contributed by atoms with Crippen molar-refractivity contribution < 1.29 is 13.9 Å². The van der Waals surface area contributed by atoms with Crippen LogP contribution >= 0.6 is 15.9 Å². The Morgan fingerprint density at radius 2 is 1.91 bits per heavy atom. The van der Waals surface area contributed by atoms with Gasteiger partial charge < -0.3 is 14.5 Å². The van der Waals surface area contributed by atoms with Crippen LogP contribution in [0.15, 0.2) is 79.4 Å².